The SMILES string of the molecule is C=CCN1C(=O)/C(=N\C(Cl)C(Cl)(Cl)Cl)N(c2cccc(C(F)(F)F)c2)C1=O. The van der Waals surface area contributed by atoms with Crippen molar-refractivity contribution in [2.75, 3.05) is 11.4 Å². The minimum absolute atomic E-state index is 0.202. The number of rotatable bonds is 4. The first-order valence-electron chi connectivity index (χ1n) is 7.10. The Hall–Kier alpha value is -1.48. The van der Waals surface area contributed by atoms with Crippen LogP contribution < -0.4 is 4.90 Å². The first-order chi connectivity index (χ1) is 12.4. The molecule has 1 aromatic rings. The summed E-state index contributed by atoms with van der Waals surface area (Å²) in [7, 11) is 0. The van der Waals surface area contributed by atoms with Crippen molar-refractivity contribution in [3.05, 3.63) is 42.5 Å². The van der Waals surface area contributed by atoms with Crippen LogP contribution in [0.3, 0.4) is 0 Å². The molecule has 1 aliphatic rings. The van der Waals surface area contributed by atoms with Crippen LogP contribution in [0.1, 0.15) is 5.56 Å². The first-order valence-corrected chi connectivity index (χ1v) is 8.67. The lowest BCUT2D eigenvalue weighted by molar-refractivity contribution is -0.137. The number of hydrogen-bond acceptors (Lipinski definition) is 3. The summed E-state index contributed by atoms with van der Waals surface area (Å²) < 4.78 is 36.9. The summed E-state index contributed by atoms with van der Waals surface area (Å²) >= 11 is 22.7. The quantitative estimate of drug-likeness (QED) is 0.274. The molecule has 3 amide bonds. The normalized spacial score (nSPS) is 18.4. The highest BCUT2D eigenvalue weighted by Gasteiger charge is 2.45. The molecular formula is C15H10Cl4F3N3O2. The Morgan fingerprint density at radius 3 is 2.37 bits per heavy atom. The van der Waals surface area contributed by atoms with E-state index in [4.69, 9.17) is 46.4 Å². The van der Waals surface area contributed by atoms with E-state index in [0.717, 1.165) is 12.1 Å². The first kappa shape index (κ1) is 21.8. The molecule has 2 rings (SSSR count). The van der Waals surface area contributed by atoms with E-state index in [1.165, 1.54) is 12.1 Å². The van der Waals surface area contributed by atoms with Gasteiger partial charge in [0.15, 0.2) is 5.50 Å². The van der Waals surface area contributed by atoms with E-state index in [1.807, 2.05) is 0 Å². The van der Waals surface area contributed by atoms with E-state index >= 15 is 0 Å². The van der Waals surface area contributed by atoms with Crippen LogP contribution in [0, 0.1) is 0 Å². The van der Waals surface area contributed by atoms with Crippen LogP contribution in [0.15, 0.2) is 41.9 Å². The van der Waals surface area contributed by atoms with Crippen molar-refractivity contribution in [1.29, 1.82) is 0 Å². The Bertz CT molecular complexity index is 808. The lowest BCUT2D eigenvalue weighted by Crippen LogP contribution is -2.34. The maximum absolute atomic E-state index is 13.0. The second kappa shape index (κ2) is 7.87. The average molecular weight is 463 g/mol. The van der Waals surface area contributed by atoms with E-state index in [1.54, 1.807) is 0 Å². The van der Waals surface area contributed by atoms with Crippen LogP contribution in [-0.2, 0) is 11.0 Å². The highest BCUT2D eigenvalue weighted by atomic mass is 35.6. The lowest BCUT2D eigenvalue weighted by Gasteiger charge is -2.19. The molecular weight excluding hydrogens is 453 g/mol. The summed E-state index contributed by atoms with van der Waals surface area (Å²) in [5, 5.41) is 0. The Kier molecular flexibility index (Phi) is 6.36. The number of alkyl halides is 7. The maximum atomic E-state index is 13.0. The summed E-state index contributed by atoms with van der Waals surface area (Å²) in [6.07, 6.45) is -3.40. The van der Waals surface area contributed by atoms with Gasteiger partial charge in [0.2, 0.25) is 9.63 Å². The van der Waals surface area contributed by atoms with Gasteiger partial charge in [-0.1, -0.05) is 58.5 Å². The summed E-state index contributed by atoms with van der Waals surface area (Å²) in [4.78, 5) is 30.2. The number of hydrogen-bond donors (Lipinski definition) is 0. The molecule has 0 radical (unpaired) electrons. The van der Waals surface area contributed by atoms with Crippen molar-refractivity contribution in [1.82, 2.24) is 4.90 Å². The molecule has 0 aromatic heterocycles. The van der Waals surface area contributed by atoms with Gasteiger partial charge in [-0.2, -0.15) is 13.2 Å². The van der Waals surface area contributed by atoms with Crippen LogP contribution in [0.25, 0.3) is 0 Å². The van der Waals surface area contributed by atoms with Gasteiger partial charge in [-0.25, -0.2) is 14.7 Å². The van der Waals surface area contributed by atoms with Crippen molar-refractivity contribution in [2.24, 2.45) is 4.99 Å². The number of benzene rings is 1. The Morgan fingerprint density at radius 1 is 1.22 bits per heavy atom. The Morgan fingerprint density at radius 2 is 1.85 bits per heavy atom. The fraction of sp³-hybridized carbons (Fsp3) is 0.267. The molecule has 0 saturated carbocycles. The van der Waals surface area contributed by atoms with Crippen molar-refractivity contribution in [2.45, 2.75) is 15.5 Å². The number of anilines is 1. The predicted molar refractivity (Wildman–Crippen MR) is 98.6 cm³/mol. The number of carbonyl (C=O) groups is 2. The van der Waals surface area contributed by atoms with Gasteiger partial charge in [0.1, 0.15) is 0 Å². The molecule has 1 atom stereocenters. The molecule has 0 N–H and O–H groups in total. The van der Waals surface area contributed by atoms with Crippen LogP contribution in [0.2, 0.25) is 0 Å². The van der Waals surface area contributed by atoms with Crippen molar-refractivity contribution in [3.8, 4) is 0 Å². The Balaban J connectivity index is 2.59. The highest BCUT2D eigenvalue weighted by molar-refractivity contribution is 6.70. The van der Waals surface area contributed by atoms with Crippen LogP contribution in [-0.4, -0.2) is 38.5 Å². The van der Waals surface area contributed by atoms with Gasteiger partial charge in [-0.15, -0.1) is 6.58 Å². The smallest absolute Gasteiger partial charge is 0.265 e. The standard InChI is InChI=1S/C15H10Cl4F3N3O2/c1-2-6-24-11(26)10(23-12(16)14(17,18)19)25(13(24)27)9-5-3-4-8(7-9)15(20,21)22/h2-5,7,12H,1,6H2/b23-10+. The highest BCUT2D eigenvalue weighted by Crippen LogP contribution is 2.36. The van der Waals surface area contributed by atoms with Crippen LogP contribution in [0.4, 0.5) is 23.7 Å². The molecule has 5 nitrogen and oxygen atoms in total. The lowest BCUT2D eigenvalue weighted by atomic mass is 10.2. The third-order valence-electron chi connectivity index (χ3n) is 3.32. The van der Waals surface area contributed by atoms with E-state index in [9.17, 15) is 22.8 Å². The molecule has 1 aromatic carbocycles. The molecule has 27 heavy (non-hydrogen) atoms. The van der Waals surface area contributed by atoms with Gasteiger partial charge in [-0.05, 0) is 18.2 Å². The summed E-state index contributed by atoms with van der Waals surface area (Å²) in [6.45, 7) is 3.22. The van der Waals surface area contributed by atoms with E-state index in [2.05, 4.69) is 11.6 Å². The number of amidine groups is 1. The largest absolute Gasteiger partial charge is 0.416 e. The number of urea groups is 1. The van der Waals surface area contributed by atoms with Gasteiger partial charge < -0.3 is 0 Å². The zero-order valence-corrected chi connectivity index (χ0v) is 16.2. The number of aliphatic imine (C=N–C) groups is 1. The summed E-state index contributed by atoms with van der Waals surface area (Å²) in [5.74, 6) is -1.50. The fourth-order valence-electron chi connectivity index (χ4n) is 2.15. The van der Waals surface area contributed by atoms with Gasteiger partial charge in [0.25, 0.3) is 5.91 Å². The topological polar surface area (TPSA) is 53.0 Å². The van der Waals surface area contributed by atoms with Gasteiger partial charge in [-0.3, -0.25) is 9.69 Å². The molecule has 1 saturated heterocycles. The van der Waals surface area contributed by atoms with Crippen molar-refractivity contribution in [3.63, 3.8) is 0 Å². The molecule has 1 fully saturated rings. The number of carbonyl (C=O) groups excluding carboxylic acids is 2. The zero-order valence-electron chi connectivity index (χ0n) is 13.2. The van der Waals surface area contributed by atoms with Crippen LogP contribution in [0.5, 0.6) is 0 Å². The monoisotopic (exact) mass is 461 g/mol. The molecule has 0 spiro atoms. The average Bonchev–Trinajstić information content (AvgIpc) is 2.78. The third kappa shape index (κ3) is 4.68. The molecule has 12 heteroatoms. The summed E-state index contributed by atoms with van der Waals surface area (Å²) in [5.41, 5.74) is -2.85. The predicted octanol–water partition coefficient (Wildman–Crippen LogP) is 4.99. The van der Waals surface area contributed by atoms with E-state index in [0.29, 0.717) is 15.9 Å². The second-order valence-corrected chi connectivity index (χ2v) is 7.98. The van der Waals surface area contributed by atoms with Gasteiger partial charge in [0.05, 0.1) is 11.3 Å². The Labute approximate surface area is 171 Å². The molecule has 1 unspecified atom stereocenters. The molecule has 0 aliphatic carbocycles. The zero-order chi connectivity index (χ0) is 20.6. The summed E-state index contributed by atoms with van der Waals surface area (Å²) in [6, 6.07) is 2.85. The fourth-order valence-corrected chi connectivity index (χ4v) is 2.39. The second-order valence-electron chi connectivity index (χ2n) is 5.20. The molecule has 146 valence electrons. The number of amides is 3. The molecule has 1 aliphatic heterocycles. The van der Waals surface area contributed by atoms with Crippen molar-refractivity contribution >= 4 is 69.9 Å². The minimum Gasteiger partial charge on any atom is -0.265 e. The van der Waals surface area contributed by atoms with Gasteiger partial charge >= 0.3 is 12.2 Å². The third-order valence-corrected chi connectivity index (χ3v) is 4.70. The maximum Gasteiger partial charge on any atom is 0.416 e. The molecule has 1 heterocycles. The van der Waals surface area contributed by atoms with E-state index in [-0.39, 0.29) is 12.2 Å². The minimum atomic E-state index is -4.66. The van der Waals surface area contributed by atoms with E-state index < -0.39 is 38.8 Å². The molecule has 0 bridgehead atoms. The number of halogens is 7. The van der Waals surface area contributed by atoms with Crippen LogP contribution >= 0.6 is 46.4 Å². The van der Waals surface area contributed by atoms with Crippen molar-refractivity contribution < 1.29 is 22.8 Å². The number of nitrogens with zero attached hydrogens (tertiary/aromatic N) is 3. The number of imide groups is 1. The van der Waals surface area contributed by atoms with Gasteiger partial charge in [0, 0.05) is 6.54 Å².